The SMILES string of the molecule is CCCNC(c1ccccc1OC)C1(C)CCCCC1. The van der Waals surface area contributed by atoms with Gasteiger partial charge in [0.15, 0.2) is 0 Å². The highest BCUT2D eigenvalue weighted by Gasteiger charge is 2.37. The van der Waals surface area contributed by atoms with Crippen molar-refractivity contribution in [3.63, 3.8) is 0 Å². The molecule has 1 aliphatic rings. The smallest absolute Gasteiger partial charge is 0.123 e. The zero-order chi connectivity index (χ0) is 14.4. The van der Waals surface area contributed by atoms with Crippen molar-refractivity contribution in [2.24, 2.45) is 5.41 Å². The monoisotopic (exact) mass is 275 g/mol. The molecule has 1 saturated carbocycles. The van der Waals surface area contributed by atoms with E-state index < -0.39 is 0 Å². The van der Waals surface area contributed by atoms with Gasteiger partial charge in [-0.05, 0) is 37.3 Å². The summed E-state index contributed by atoms with van der Waals surface area (Å²) >= 11 is 0. The first-order valence-electron chi connectivity index (χ1n) is 8.07. The van der Waals surface area contributed by atoms with E-state index in [9.17, 15) is 0 Å². The molecule has 0 aliphatic heterocycles. The van der Waals surface area contributed by atoms with Gasteiger partial charge in [-0.2, -0.15) is 0 Å². The molecule has 20 heavy (non-hydrogen) atoms. The fourth-order valence-electron chi connectivity index (χ4n) is 3.57. The minimum absolute atomic E-state index is 0.349. The molecule has 2 heteroatoms. The van der Waals surface area contributed by atoms with Crippen molar-refractivity contribution in [3.05, 3.63) is 29.8 Å². The zero-order valence-corrected chi connectivity index (χ0v) is 13.2. The Labute approximate surface area is 123 Å². The van der Waals surface area contributed by atoms with E-state index in [1.165, 1.54) is 44.1 Å². The van der Waals surface area contributed by atoms with Gasteiger partial charge in [-0.15, -0.1) is 0 Å². The average molecular weight is 275 g/mol. The minimum Gasteiger partial charge on any atom is -0.496 e. The third-order valence-electron chi connectivity index (χ3n) is 4.74. The highest BCUT2D eigenvalue weighted by atomic mass is 16.5. The number of ether oxygens (including phenoxy) is 1. The number of benzene rings is 1. The highest BCUT2D eigenvalue weighted by molar-refractivity contribution is 5.37. The van der Waals surface area contributed by atoms with E-state index in [4.69, 9.17) is 4.74 Å². The first kappa shape index (κ1) is 15.4. The molecule has 0 heterocycles. The molecule has 112 valence electrons. The fraction of sp³-hybridized carbons (Fsp3) is 0.667. The molecule has 1 atom stereocenters. The molecule has 0 amide bonds. The Kier molecular flexibility index (Phi) is 5.47. The van der Waals surface area contributed by atoms with Crippen LogP contribution in [0.25, 0.3) is 0 Å². The van der Waals surface area contributed by atoms with Gasteiger partial charge >= 0.3 is 0 Å². The summed E-state index contributed by atoms with van der Waals surface area (Å²) in [7, 11) is 1.78. The largest absolute Gasteiger partial charge is 0.496 e. The summed E-state index contributed by atoms with van der Waals surface area (Å²) in [5.41, 5.74) is 1.68. The first-order valence-corrected chi connectivity index (χ1v) is 8.07. The standard InChI is InChI=1S/C18H29NO/c1-4-14-19-17(18(2)12-8-5-9-13-18)15-10-6-7-11-16(15)20-3/h6-7,10-11,17,19H,4-5,8-9,12-14H2,1-3H3. The van der Waals surface area contributed by atoms with Gasteiger partial charge in [0.2, 0.25) is 0 Å². The van der Waals surface area contributed by atoms with E-state index in [-0.39, 0.29) is 0 Å². The summed E-state index contributed by atoms with van der Waals surface area (Å²) in [6.07, 6.45) is 7.90. The van der Waals surface area contributed by atoms with Gasteiger partial charge in [-0.1, -0.05) is 51.3 Å². The van der Waals surface area contributed by atoms with Gasteiger partial charge in [-0.25, -0.2) is 0 Å². The molecule has 1 aliphatic carbocycles. The number of methoxy groups -OCH3 is 1. The zero-order valence-electron chi connectivity index (χ0n) is 13.2. The second-order valence-corrected chi connectivity index (χ2v) is 6.34. The summed E-state index contributed by atoms with van der Waals surface area (Å²) in [5, 5.41) is 3.79. The number of nitrogens with one attached hydrogen (secondary N) is 1. The molecular formula is C18H29NO. The van der Waals surface area contributed by atoms with Gasteiger partial charge in [0.1, 0.15) is 5.75 Å². The molecule has 0 bridgehead atoms. The number of hydrogen-bond acceptors (Lipinski definition) is 2. The van der Waals surface area contributed by atoms with E-state index in [1.807, 2.05) is 0 Å². The maximum absolute atomic E-state index is 5.60. The van der Waals surface area contributed by atoms with E-state index in [2.05, 4.69) is 43.4 Å². The van der Waals surface area contributed by atoms with Crippen molar-refractivity contribution in [2.45, 2.75) is 58.4 Å². The van der Waals surface area contributed by atoms with E-state index >= 15 is 0 Å². The van der Waals surface area contributed by atoms with Gasteiger partial charge in [0, 0.05) is 11.6 Å². The van der Waals surface area contributed by atoms with Crippen LogP contribution >= 0.6 is 0 Å². The van der Waals surface area contributed by atoms with Crippen molar-refractivity contribution in [3.8, 4) is 5.75 Å². The first-order chi connectivity index (χ1) is 9.71. The molecule has 2 nitrogen and oxygen atoms in total. The quantitative estimate of drug-likeness (QED) is 0.812. The highest BCUT2D eigenvalue weighted by Crippen LogP contribution is 2.47. The number of rotatable bonds is 6. The predicted molar refractivity (Wildman–Crippen MR) is 85.2 cm³/mol. The van der Waals surface area contributed by atoms with Crippen LogP contribution in [0.2, 0.25) is 0 Å². The van der Waals surface area contributed by atoms with Gasteiger partial charge in [0.25, 0.3) is 0 Å². The van der Waals surface area contributed by atoms with Gasteiger partial charge in [0.05, 0.1) is 7.11 Å². The lowest BCUT2D eigenvalue weighted by Gasteiger charge is -2.42. The number of hydrogen-bond donors (Lipinski definition) is 1. The maximum atomic E-state index is 5.60. The Morgan fingerprint density at radius 3 is 2.55 bits per heavy atom. The maximum Gasteiger partial charge on any atom is 0.123 e. The van der Waals surface area contributed by atoms with Gasteiger partial charge in [-0.3, -0.25) is 0 Å². The summed E-state index contributed by atoms with van der Waals surface area (Å²) in [6.45, 7) is 5.75. The molecule has 0 radical (unpaired) electrons. The molecule has 1 fully saturated rings. The summed E-state index contributed by atoms with van der Waals surface area (Å²) in [4.78, 5) is 0. The van der Waals surface area contributed by atoms with E-state index in [0.29, 0.717) is 11.5 Å². The lowest BCUT2D eigenvalue weighted by molar-refractivity contribution is 0.142. The van der Waals surface area contributed by atoms with Crippen LogP contribution in [0, 0.1) is 5.41 Å². The van der Waals surface area contributed by atoms with Crippen molar-refractivity contribution in [1.29, 1.82) is 0 Å². The van der Waals surface area contributed by atoms with Crippen LogP contribution in [0.1, 0.15) is 64.0 Å². The van der Waals surface area contributed by atoms with Crippen LogP contribution in [0.3, 0.4) is 0 Å². The normalized spacial score (nSPS) is 19.6. The second-order valence-electron chi connectivity index (χ2n) is 6.34. The molecule has 0 aromatic heterocycles. The third-order valence-corrected chi connectivity index (χ3v) is 4.74. The Balaban J connectivity index is 2.30. The van der Waals surface area contributed by atoms with Crippen LogP contribution < -0.4 is 10.1 Å². The summed E-state index contributed by atoms with van der Waals surface area (Å²) < 4.78 is 5.60. The van der Waals surface area contributed by atoms with Gasteiger partial charge < -0.3 is 10.1 Å². The molecule has 1 unspecified atom stereocenters. The van der Waals surface area contributed by atoms with Crippen LogP contribution in [0.5, 0.6) is 5.75 Å². The Morgan fingerprint density at radius 2 is 1.90 bits per heavy atom. The molecule has 0 spiro atoms. The van der Waals surface area contributed by atoms with Crippen LogP contribution in [-0.2, 0) is 0 Å². The molecule has 1 aromatic carbocycles. The Bertz CT molecular complexity index is 410. The Hall–Kier alpha value is -1.02. The molecular weight excluding hydrogens is 246 g/mol. The number of para-hydroxylation sites is 1. The molecule has 1 N–H and O–H groups in total. The fourth-order valence-corrected chi connectivity index (χ4v) is 3.57. The predicted octanol–water partition coefficient (Wildman–Crippen LogP) is 4.71. The average Bonchev–Trinajstić information content (AvgIpc) is 2.48. The summed E-state index contributed by atoms with van der Waals surface area (Å²) in [6, 6.07) is 8.90. The van der Waals surface area contributed by atoms with Crippen molar-refractivity contribution >= 4 is 0 Å². The molecule has 1 aromatic rings. The lowest BCUT2D eigenvalue weighted by Crippen LogP contribution is -2.38. The minimum atomic E-state index is 0.349. The van der Waals surface area contributed by atoms with Crippen LogP contribution in [-0.4, -0.2) is 13.7 Å². The van der Waals surface area contributed by atoms with E-state index in [1.54, 1.807) is 7.11 Å². The Morgan fingerprint density at radius 1 is 1.20 bits per heavy atom. The van der Waals surface area contributed by atoms with E-state index in [0.717, 1.165) is 12.3 Å². The van der Waals surface area contributed by atoms with Crippen molar-refractivity contribution in [1.82, 2.24) is 5.32 Å². The molecule has 2 rings (SSSR count). The van der Waals surface area contributed by atoms with Crippen LogP contribution in [0.15, 0.2) is 24.3 Å². The topological polar surface area (TPSA) is 21.3 Å². The third kappa shape index (κ3) is 3.35. The van der Waals surface area contributed by atoms with Crippen LogP contribution in [0.4, 0.5) is 0 Å². The molecule has 0 saturated heterocycles. The van der Waals surface area contributed by atoms with Crippen molar-refractivity contribution < 1.29 is 4.74 Å². The summed E-state index contributed by atoms with van der Waals surface area (Å²) in [5.74, 6) is 1.02. The second kappa shape index (κ2) is 7.12. The lowest BCUT2D eigenvalue weighted by atomic mass is 9.68. The van der Waals surface area contributed by atoms with Crippen molar-refractivity contribution in [2.75, 3.05) is 13.7 Å².